The van der Waals surface area contributed by atoms with E-state index in [0.29, 0.717) is 0 Å². The highest BCUT2D eigenvalue weighted by Gasteiger charge is 2.21. The molecular formula is C21H23FN4S. The lowest BCUT2D eigenvalue weighted by molar-refractivity contribution is 0.630. The van der Waals surface area contributed by atoms with Gasteiger partial charge in [-0.25, -0.2) is 13.9 Å². The van der Waals surface area contributed by atoms with Gasteiger partial charge in [0, 0.05) is 17.8 Å². The van der Waals surface area contributed by atoms with Crippen LogP contribution in [0.1, 0.15) is 30.8 Å². The van der Waals surface area contributed by atoms with Gasteiger partial charge in [-0.2, -0.15) is 5.10 Å². The second-order valence-electron chi connectivity index (χ2n) is 6.82. The number of aryl methyl sites for hydroxylation is 3. The van der Waals surface area contributed by atoms with Crippen molar-refractivity contribution < 1.29 is 4.39 Å². The van der Waals surface area contributed by atoms with Crippen LogP contribution >= 0.6 is 11.3 Å². The Hall–Kier alpha value is -2.47. The highest BCUT2D eigenvalue weighted by Crippen LogP contribution is 2.40. The average molecular weight is 383 g/mol. The molecule has 0 bridgehead atoms. The SMILES string of the molecule is CCN(CC)c1cc(C)nn2c(-c3sc4ccc(F)cc4c3C)c(C)nc12. The van der Waals surface area contributed by atoms with Gasteiger partial charge < -0.3 is 4.90 Å². The Balaban J connectivity index is 2.03. The largest absolute Gasteiger partial charge is 0.369 e. The van der Waals surface area contributed by atoms with Gasteiger partial charge in [0.2, 0.25) is 0 Å². The average Bonchev–Trinajstić information content (AvgIpc) is 3.12. The van der Waals surface area contributed by atoms with Crippen LogP contribution in [0.5, 0.6) is 0 Å². The molecule has 0 atom stereocenters. The molecular weight excluding hydrogens is 359 g/mol. The summed E-state index contributed by atoms with van der Waals surface area (Å²) in [4.78, 5) is 8.27. The van der Waals surface area contributed by atoms with Gasteiger partial charge >= 0.3 is 0 Å². The molecule has 0 fully saturated rings. The van der Waals surface area contributed by atoms with Crippen molar-refractivity contribution >= 4 is 32.8 Å². The number of anilines is 1. The van der Waals surface area contributed by atoms with Gasteiger partial charge in [-0.3, -0.25) is 0 Å². The molecule has 0 aliphatic rings. The number of fused-ring (bicyclic) bond motifs is 2. The van der Waals surface area contributed by atoms with Gasteiger partial charge in [0.15, 0.2) is 5.65 Å². The summed E-state index contributed by atoms with van der Waals surface area (Å²) in [6, 6.07) is 7.09. The lowest BCUT2D eigenvalue weighted by Gasteiger charge is -2.21. The minimum absolute atomic E-state index is 0.206. The predicted octanol–water partition coefficient (Wildman–Crippen LogP) is 5.52. The molecule has 0 amide bonds. The smallest absolute Gasteiger partial charge is 0.178 e. The summed E-state index contributed by atoms with van der Waals surface area (Å²) in [5.74, 6) is -0.206. The van der Waals surface area contributed by atoms with Gasteiger partial charge in [-0.1, -0.05) is 0 Å². The van der Waals surface area contributed by atoms with E-state index in [-0.39, 0.29) is 5.82 Å². The van der Waals surface area contributed by atoms with Crippen LogP contribution in [0.3, 0.4) is 0 Å². The Morgan fingerprint density at radius 1 is 1.11 bits per heavy atom. The standard InChI is InChI=1S/C21H23FN4S/c1-6-25(7-2)17-10-12(3)24-26-19(14(5)23-21(17)26)20-13(4)16-11-15(22)8-9-18(16)27-20/h8-11H,6-7H2,1-5H3. The van der Waals surface area contributed by atoms with Crippen LogP contribution in [0, 0.1) is 26.6 Å². The van der Waals surface area contributed by atoms with Crippen LogP contribution in [0.25, 0.3) is 26.3 Å². The molecule has 1 aromatic carbocycles. The van der Waals surface area contributed by atoms with E-state index in [0.717, 1.165) is 62.0 Å². The first-order chi connectivity index (χ1) is 12.9. The molecule has 0 N–H and O–H groups in total. The Labute approximate surface area is 162 Å². The topological polar surface area (TPSA) is 33.4 Å². The summed E-state index contributed by atoms with van der Waals surface area (Å²) in [6.45, 7) is 12.2. The molecule has 27 heavy (non-hydrogen) atoms. The normalized spacial score (nSPS) is 11.6. The number of aromatic nitrogens is 3. The lowest BCUT2D eigenvalue weighted by Crippen LogP contribution is -2.23. The van der Waals surface area contributed by atoms with Crippen LogP contribution in [0.2, 0.25) is 0 Å². The number of imidazole rings is 1. The number of hydrogen-bond donors (Lipinski definition) is 0. The number of halogens is 1. The van der Waals surface area contributed by atoms with Crippen LogP contribution in [0.15, 0.2) is 24.3 Å². The van der Waals surface area contributed by atoms with Crippen molar-refractivity contribution in [3.63, 3.8) is 0 Å². The van der Waals surface area contributed by atoms with Gasteiger partial charge in [-0.15, -0.1) is 11.3 Å². The molecule has 0 aliphatic heterocycles. The van der Waals surface area contributed by atoms with Crippen molar-refractivity contribution in [1.82, 2.24) is 14.6 Å². The molecule has 4 nitrogen and oxygen atoms in total. The number of hydrogen-bond acceptors (Lipinski definition) is 4. The maximum absolute atomic E-state index is 13.7. The molecule has 3 aromatic heterocycles. The molecule has 3 heterocycles. The third-order valence-corrected chi connectivity index (χ3v) is 6.36. The molecule has 0 unspecified atom stereocenters. The Kier molecular flexibility index (Phi) is 4.38. The van der Waals surface area contributed by atoms with Crippen LogP contribution < -0.4 is 4.90 Å². The molecule has 140 valence electrons. The van der Waals surface area contributed by atoms with Crippen LogP contribution in [-0.4, -0.2) is 27.7 Å². The summed E-state index contributed by atoms with van der Waals surface area (Å²) in [7, 11) is 0. The number of benzene rings is 1. The van der Waals surface area contributed by atoms with Gasteiger partial charge in [0.05, 0.1) is 22.0 Å². The van der Waals surface area contributed by atoms with E-state index in [4.69, 9.17) is 10.1 Å². The van der Waals surface area contributed by atoms with Crippen molar-refractivity contribution in [1.29, 1.82) is 0 Å². The van der Waals surface area contributed by atoms with Crippen molar-refractivity contribution in [2.75, 3.05) is 18.0 Å². The predicted molar refractivity (Wildman–Crippen MR) is 112 cm³/mol. The highest BCUT2D eigenvalue weighted by atomic mass is 32.1. The first-order valence-corrected chi connectivity index (χ1v) is 10.1. The number of nitrogens with zero attached hydrogens (tertiary/aromatic N) is 4. The summed E-state index contributed by atoms with van der Waals surface area (Å²) in [5, 5.41) is 5.73. The Morgan fingerprint density at radius 2 is 1.85 bits per heavy atom. The Bertz CT molecular complexity index is 1150. The van der Waals surface area contributed by atoms with E-state index in [1.165, 1.54) is 6.07 Å². The molecule has 0 saturated carbocycles. The van der Waals surface area contributed by atoms with E-state index in [9.17, 15) is 4.39 Å². The minimum Gasteiger partial charge on any atom is -0.369 e. The van der Waals surface area contributed by atoms with E-state index >= 15 is 0 Å². The zero-order valence-electron chi connectivity index (χ0n) is 16.3. The molecule has 4 rings (SSSR count). The van der Waals surface area contributed by atoms with Crippen molar-refractivity contribution in [2.45, 2.75) is 34.6 Å². The second-order valence-corrected chi connectivity index (χ2v) is 7.87. The zero-order chi connectivity index (χ0) is 19.3. The van der Waals surface area contributed by atoms with Crippen molar-refractivity contribution in [2.24, 2.45) is 0 Å². The highest BCUT2D eigenvalue weighted by molar-refractivity contribution is 7.22. The third kappa shape index (κ3) is 2.79. The fraction of sp³-hybridized carbons (Fsp3) is 0.333. The van der Waals surface area contributed by atoms with Crippen LogP contribution in [-0.2, 0) is 0 Å². The monoisotopic (exact) mass is 382 g/mol. The van der Waals surface area contributed by atoms with E-state index in [1.807, 2.05) is 31.4 Å². The van der Waals surface area contributed by atoms with Gasteiger partial charge in [0.25, 0.3) is 0 Å². The summed E-state index contributed by atoms with van der Waals surface area (Å²) >= 11 is 1.67. The number of rotatable bonds is 4. The Morgan fingerprint density at radius 3 is 2.56 bits per heavy atom. The molecule has 0 aliphatic carbocycles. The first-order valence-electron chi connectivity index (χ1n) is 9.25. The quantitative estimate of drug-likeness (QED) is 0.466. The van der Waals surface area contributed by atoms with Crippen molar-refractivity contribution in [3.8, 4) is 10.6 Å². The van der Waals surface area contributed by atoms with Crippen LogP contribution in [0.4, 0.5) is 10.1 Å². The number of thiophene rings is 1. The minimum atomic E-state index is -0.206. The lowest BCUT2D eigenvalue weighted by atomic mass is 10.1. The second kappa shape index (κ2) is 6.60. The molecule has 0 saturated heterocycles. The molecule has 6 heteroatoms. The fourth-order valence-corrected chi connectivity index (χ4v) is 4.98. The maximum Gasteiger partial charge on any atom is 0.178 e. The molecule has 0 radical (unpaired) electrons. The summed E-state index contributed by atoms with van der Waals surface area (Å²) in [5.41, 5.74) is 5.95. The van der Waals surface area contributed by atoms with Gasteiger partial charge in [0.1, 0.15) is 11.5 Å². The van der Waals surface area contributed by atoms with E-state index in [1.54, 1.807) is 17.4 Å². The van der Waals surface area contributed by atoms with Gasteiger partial charge in [-0.05, 0) is 69.8 Å². The first kappa shape index (κ1) is 17.9. The zero-order valence-corrected chi connectivity index (χ0v) is 17.1. The fourth-order valence-electron chi connectivity index (χ4n) is 3.71. The maximum atomic E-state index is 13.7. The summed E-state index contributed by atoms with van der Waals surface area (Å²) < 4.78 is 16.8. The third-order valence-electron chi connectivity index (χ3n) is 5.08. The van der Waals surface area contributed by atoms with E-state index in [2.05, 4.69) is 24.8 Å². The summed E-state index contributed by atoms with van der Waals surface area (Å²) in [6.07, 6.45) is 0. The molecule has 0 spiro atoms. The van der Waals surface area contributed by atoms with Crippen molar-refractivity contribution in [3.05, 3.63) is 47.0 Å². The van der Waals surface area contributed by atoms with E-state index < -0.39 is 0 Å². The molecule has 4 aromatic rings.